The molecule has 0 N–H and O–H groups in total. The normalized spacial score (nSPS) is 15.1. The lowest BCUT2D eigenvalue weighted by atomic mass is 10.0. The van der Waals surface area contributed by atoms with Crippen LogP contribution in [0.2, 0.25) is 0 Å². The molecule has 0 unspecified atom stereocenters. The van der Waals surface area contributed by atoms with Crippen LogP contribution in [0, 0.1) is 0 Å². The van der Waals surface area contributed by atoms with Gasteiger partial charge in [-0.2, -0.15) is 0 Å². The molecule has 0 spiro atoms. The second-order valence-electron chi connectivity index (χ2n) is 6.98. The Balaban J connectivity index is 1.36. The fourth-order valence-electron chi connectivity index (χ4n) is 3.33. The van der Waals surface area contributed by atoms with Crippen molar-refractivity contribution in [3.8, 4) is 5.75 Å². The molecule has 1 heterocycles. The molecule has 27 heavy (non-hydrogen) atoms. The average molecular weight is 476 g/mol. The molecule has 0 aliphatic carbocycles. The lowest BCUT2D eigenvalue weighted by Crippen LogP contribution is -2.34. The van der Waals surface area contributed by atoms with E-state index in [4.69, 9.17) is 4.74 Å². The molecule has 2 aromatic carbocycles. The fourth-order valence-corrected chi connectivity index (χ4v) is 3.85. The van der Waals surface area contributed by atoms with E-state index >= 15 is 0 Å². The topological polar surface area (TPSA) is 15.7 Å². The maximum absolute atomic E-state index is 5.82. The summed E-state index contributed by atoms with van der Waals surface area (Å²) < 4.78 is 6.88. The monoisotopic (exact) mass is 476 g/mol. The van der Waals surface area contributed by atoms with Crippen molar-refractivity contribution in [2.75, 3.05) is 37.3 Å². The number of ether oxygens (including phenoxy) is 1. The van der Waals surface area contributed by atoms with Crippen LogP contribution in [0.15, 0.2) is 72.3 Å². The molecule has 0 aromatic heterocycles. The van der Waals surface area contributed by atoms with E-state index in [0.29, 0.717) is 0 Å². The predicted octanol–water partition coefficient (Wildman–Crippen LogP) is 4.98. The van der Waals surface area contributed by atoms with E-state index in [1.165, 1.54) is 18.4 Å². The number of benzene rings is 2. The molecule has 3 rings (SSSR count). The summed E-state index contributed by atoms with van der Waals surface area (Å²) >= 11 is 2.47. The molecule has 4 heteroatoms. The van der Waals surface area contributed by atoms with Gasteiger partial charge in [0.1, 0.15) is 12.4 Å². The van der Waals surface area contributed by atoms with Crippen molar-refractivity contribution in [2.24, 2.45) is 0 Å². The number of alkyl halides is 1. The summed E-state index contributed by atoms with van der Waals surface area (Å²) in [6.45, 7) is 6.14. The zero-order chi connectivity index (χ0) is 18.7. The number of nitrogens with zero attached hydrogens (tertiary/aromatic N) is 2. The summed E-state index contributed by atoms with van der Waals surface area (Å²) in [7, 11) is 0. The number of halogens is 1. The molecule has 1 saturated heterocycles. The third-order valence-corrected chi connectivity index (χ3v) is 5.94. The van der Waals surface area contributed by atoms with Gasteiger partial charge in [-0.15, -0.1) is 0 Å². The van der Waals surface area contributed by atoms with Gasteiger partial charge in [0.2, 0.25) is 0 Å². The molecule has 0 radical (unpaired) electrons. The molecule has 0 saturated carbocycles. The molecule has 1 aliphatic rings. The molecule has 0 bridgehead atoms. The Labute approximate surface area is 177 Å². The van der Waals surface area contributed by atoms with Gasteiger partial charge < -0.3 is 4.74 Å². The van der Waals surface area contributed by atoms with E-state index in [-0.39, 0.29) is 0 Å². The van der Waals surface area contributed by atoms with E-state index in [0.717, 1.165) is 49.6 Å². The summed E-state index contributed by atoms with van der Waals surface area (Å²) in [5, 5.41) is 0. The molecular weight excluding hydrogens is 447 g/mol. The van der Waals surface area contributed by atoms with Gasteiger partial charge in [-0.3, -0.25) is 9.80 Å². The third kappa shape index (κ3) is 7.28. The minimum atomic E-state index is 0.767. The number of para-hydroxylation sites is 1. The lowest BCUT2D eigenvalue weighted by Gasteiger charge is -2.28. The van der Waals surface area contributed by atoms with Crippen LogP contribution in [0.3, 0.4) is 0 Å². The smallest absolute Gasteiger partial charge is 0.119 e. The minimum absolute atomic E-state index is 0.767. The van der Waals surface area contributed by atoms with Gasteiger partial charge in [0.05, 0.1) is 4.55 Å². The fraction of sp³-hybridized carbons (Fsp3) is 0.391. The van der Waals surface area contributed by atoms with E-state index < -0.39 is 0 Å². The van der Waals surface area contributed by atoms with Crippen molar-refractivity contribution in [1.29, 1.82) is 0 Å². The summed E-state index contributed by atoms with van der Waals surface area (Å²) in [6.07, 6.45) is 4.83. The largest absolute Gasteiger partial charge is 0.492 e. The summed E-state index contributed by atoms with van der Waals surface area (Å²) in [6, 6.07) is 20.8. The van der Waals surface area contributed by atoms with E-state index in [2.05, 4.69) is 68.8 Å². The number of piperidine rings is 1. The zero-order valence-electron chi connectivity index (χ0n) is 15.9. The van der Waals surface area contributed by atoms with Crippen LogP contribution in [-0.2, 0) is 6.54 Å². The van der Waals surface area contributed by atoms with Crippen molar-refractivity contribution >= 4 is 22.6 Å². The quantitative estimate of drug-likeness (QED) is 0.220. The first-order valence-corrected chi connectivity index (χ1v) is 11.3. The molecule has 1 fully saturated rings. The van der Waals surface area contributed by atoms with Crippen LogP contribution in [0.4, 0.5) is 0 Å². The Hall–Kier alpha value is -1.37. The lowest BCUT2D eigenvalue weighted by molar-refractivity contribution is 0.198. The third-order valence-electron chi connectivity index (χ3n) is 4.97. The minimum Gasteiger partial charge on any atom is -0.492 e. The SMILES string of the molecule is ICN(CC=C1CCN(CCOc2ccccc2)CC1)Cc1ccccc1. The summed E-state index contributed by atoms with van der Waals surface area (Å²) in [5.41, 5.74) is 3.00. The van der Waals surface area contributed by atoms with Crippen molar-refractivity contribution in [2.45, 2.75) is 19.4 Å². The Morgan fingerprint density at radius 1 is 0.963 bits per heavy atom. The van der Waals surface area contributed by atoms with Crippen LogP contribution >= 0.6 is 22.6 Å². The highest BCUT2D eigenvalue weighted by Crippen LogP contribution is 2.17. The van der Waals surface area contributed by atoms with Gasteiger partial charge in [-0.05, 0) is 30.5 Å². The maximum atomic E-state index is 5.82. The molecular formula is C23H29IN2O. The number of likely N-dealkylation sites (tertiary alicyclic amines) is 1. The van der Waals surface area contributed by atoms with Gasteiger partial charge in [0.15, 0.2) is 0 Å². The van der Waals surface area contributed by atoms with Gasteiger partial charge in [0, 0.05) is 32.7 Å². The molecule has 3 nitrogen and oxygen atoms in total. The van der Waals surface area contributed by atoms with Gasteiger partial charge in [-0.1, -0.05) is 82.8 Å². The van der Waals surface area contributed by atoms with E-state index in [1.54, 1.807) is 5.57 Å². The van der Waals surface area contributed by atoms with Crippen molar-refractivity contribution in [1.82, 2.24) is 9.80 Å². The van der Waals surface area contributed by atoms with E-state index in [1.807, 2.05) is 30.3 Å². The molecule has 0 atom stereocenters. The first-order valence-electron chi connectivity index (χ1n) is 9.74. The Morgan fingerprint density at radius 2 is 1.63 bits per heavy atom. The highest BCUT2D eigenvalue weighted by atomic mass is 127. The highest BCUT2D eigenvalue weighted by Gasteiger charge is 2.14. The predicted molar refractivity (Wildman–Crippen MR) is 121 cm³/mol. The van der Waals surface area contributed by atoms with Crippen LogP contribution in [0.1, 0.15) is 18.4 Å². The Kier molecular flexibility index (Phi) is 8.65. The number of hydrogen-bond donors (Lipinski definition) is 0. The molecule has 144 valence electrons. The van der Waals surface area contributed by atoms with E-state index in [9.17, 15) is 0 Å². The molecule has 1 aliphatic heterocycles. The van der Waals surface area contributed by atoms with Gasteiger partial charge in [-0.25, -0.2) is 0 Å². The highest BCUT2D eigenvalue weighted by molar-refractivity contribution is 14.1. The van der Waals surface area contributed by atoms with Gasteiger partial charge in [0.25, 0.3) is 0 Å². The van der Waals surface area contributed by atoms with Crippen LogP contribution in [-0.4, -0.2) is 47.1 Å². The molecule has 0 amide bonds. The maximum Gasteiger partial charge on any atom is 0.119 e. The second kappa shape index (κ2) is 11.5. The standard InChI is InChI=1S/C23H29IN2O/c24-20-26(19-22-7-3-1-4-8-22)16-13-21-11-14-25(15-12-21)17-18-27-23-9-5-2-6-10-23/h1-10,13H,11-12,14-20H2. The van der Waals surface area contributed by atoms with Crippen molar-refractivity contribution in [3.05, 3.63) is 77.9 Å². The number of hydrogen-bond acceptors (Lipinski definition) is 3. The average Bonchev–Trinajstić information content (AvgIpc) is 2.73. The van der Waals surface area contributed by atoms with Crippen LogP contribution < -0.4 is 4.74 Å². The van der Waals surface area contributed by atoms with Crippen molar-refractivity contribution in [3.63, 3.8) is 0 Å². The first-order chi connectivity index (χ1) is 13.3. The van der Waals surface area contributed by atoms with Crippen molar-refractivity contribution < 1.29 is 4.74 Å². The Morgan fingerprint density at radius 3 is 2.30 bits per heavy atom. The molecule has 2 aromatic rings. The zero-order valence-corrected chi connectivity index (χ0v) is 18.1. The first kappa shape index (κ1) is 20.4. The summed E-state index contributed by atoms with van der Waals surface area (Å²) in [5.74, 6) is 0.965. The van der Waals surface area contributed by atoms with Gasteiger partial charge >= 0.3 is 0 Å². The summed E-state index contributed by atoms with van der Waals surface area (Å²) in [4.78, 5) is 5.00. The van der Waals surface area contributed by atoms with Crippen LogP contribution in [0.25, 0.3) is 0 Å². The van der Waals surface area contributed by atoms with Crippen LogP contribution in [0.5, 0.6) is 5.75 Å². The Bertz CT molecular complexity index is 680. The number of rotatable bonds is 9. The second-order valence-corrected chi connectivity index (χ2v) is 7.66.